The van der Waals surface area contributed by atoms with Crippen LogP contribution in [0.5, 0.6) is 0 Å². The largest absolute Gasteiger partial charge is 0.446 e. The van der Waals surface area contributed by atoms with Gasteiger partial charge in [0.05, 0.1) is 24.2 Å². The first-order valence-electron chi connectivity index (χ1n) is 8.80. The van der Waals surface area contributed by atoms with Crippen LogP contribution in [0.15, 0.2) is 78.2 Å². The number of fused-ring (bicyclic) bond motifs is 1. The zero-order chi connectivity index (χ0) is 18.9. The molecule has 4 heterocycles. The molecule has 4 aromatic rings. The molecule has 1 atom stereocenters. The van der Waals surface area contributed by atoms with E-state index in [2.05, 4.69) is 26.2 Å². The zero-order valence-electron chi connectivity index (χ0n) is 14.8. The molecule has 0 saturated heterocycles. The summed E-state index contributed by atoms with van der Waals surface area (Å²) in [7, 11) is 0. The predicted octanol–water partition coefficient (Wildman–Crippen LogP) is 3.27. The summed E-state index contributed by atoms with van der Waals surface area (Å²) in [5.41, 5.74) is 4.67. The monoisotopic (exact) mass is 369 g/mol. The van der Waals surface area contributed by atoms with Crippen LogP contribution in [-0.2, 0) is 6.54 Å². The van der Waals surface area contributed by atoms with E-state index in [0.717, 1.165) is 22.3 Å². The van der Waals surface area contributed by atoms with Gasteiger partial charge in [0.15, 0.2) is 12.2 Å². The maximum absolute atomic E-state index is 13.2. The average Bonchev–Trinajstić information content (AvgIpc) is 3.41. The van der Waals surface area contributed by atoms with Gasteiger partial charge in [-0.1, -0.05) is 18.2 Å². The zero-order valence-corrected chi connectivity index (χ0v) is 14.8. The Labute approximate surface area is 160 Å². The molecule has 5 rings (SSSR count). The van der Waals surface area contributed by atoms with Crippen molar-refractivity contribution in [3.8, 4) is 11.1 Å². The Morgan fingerprint density at radius 2 is 1.96 bits per heavy atom. The highest BCUT2D eigenvalue weighted by Gasteiger charge is 2.37. The van der Waals surface area contributed by atoms with E-state index in [4.69, 9.17) is 4.42 Å². The fraction of sp³-hybridized carbons (Fsp3) is 0.0952. The molecular weight excluding hydrogens is 354 g/mol. The molecule has 0 aliphatic carbocycles. The Kier molecular flexibility index (Phi) is 3.90. The van der Waals surface area contributed by atoms with Gasteiger partial charge in [-0.3, -0.25) is 9.78 Å². The Morgan fingerprint density at radius 1 is 1.00 bits per heavy atom. The highest BCUT2D eigenvalue weighted by atomic mass is 16.3. The lowest BCUT2D eigenvalue weighted by molar-refractivity contribution is 0.0702. The number of aromatic nitrogens is 4. The minimum absolute atomic E-state index is 0.129. The van der Waals surface area contributed by atoms with Crippen LogP contribution in [0.3, 0.4) is 0 Å². The van der Waals surface area contributed by atoms with Crippen molar-refractivity contribution >= 4 is 5.91 Å². The molecule has 0 spiro atoms. The van der Waals surface area contributed by atoms with Crippen molar-refractivity contribution in [2.24, 2.45) is 0 Å². The first kappa shape index (κ1) is 16.3. The van der Waals surface area contributed by atoms with Crippen LogP contribution in [0.1, 0.15) is 33.3 Å². The number of hydrogen-bond donors (Lipinski definition) is 0. The first-order valence-corrected chi connectivity index (χ1v) is 8.80. The van der Waals surface area contributed by atoms with Crippen molar-refractivity contribution in [2.75, 3.05) is 0 Å². The number of nitrogens with zero attached hydrogens (tertiary/aromatic N) is 5. The molecule has 3 aromatic heterocycles. The van der Waals surface area contributed by atoms with Crippen LogP contribution in [0.25, 0.3) is 11.1 Å². The fourth-order valence-corrected chi connectivity index (χ4v) is 3.60. The molecule has 0 saturated carbocycles. The van der Waals surface area contributed by atoms with Crippen LogP contribution in [0, 0.1) is 0 Å². The normalized spacial score (nSPS) is 15.4. The van der Waals surface area contributed by atoms with Crippen molar-refractivity contribution < 1.29 is 9.21 Å². The van der Waals surface area contributed by atoms with Crippen molar-refractivity contribution in [1.29, 1.82) is 0 Å². The average molecular weight is 369 g/mol. The SMILES string of the molecule is O=C(c1ccnnc1)N1Cc2cc(-c3cccnc3)ccc2C1c1cnco1. The van der Waals surface area contributed by atoms with Crippen LogP contribution in [0.2, 0.25) is 0 Å². The van der Waals surface area contributed by atoms with E-state index in [0.29, 0.717) is 17.9 Å². The number of amides is 1. The molecule has 0 fully saturated rings. The molecule has 7 heteroatoms. The number of carbonyl (C=O) groups excluding carboxylic acids is 1. The first-order chi connectivity index (χ1) is 13.8. The quantitative estimate of drug-likeness (QED) is 0.551. The molecule has 1 unspecified atom stereocenters. The van der Waals surface area contributed by atoms with Crippen molar-refractivity contribution in [1.82, 2.24) is 25.1 Å². The molecule has 0 radical (unpaired) electrons. The molecule has 28 heavy (non-hydrogen) atoms. The summed E-state index contributed by atoms with van der Waals surface area (Å²) >= 11 is 0. The lowest BCUT2D eigenvalue weighted by Crippen LogP contribution is -2.30. The van der Waals surface area contributed by atoms with Crippen molar-refractivity contribution in [2.45, 2.75) is 12.6 Å². The van der Waals surface area contributed by atoms with Crippen LogP contribution in [0.4, 0.5) is 0 Å². The number of benzene rings is 1. The number of hydrogen-bond acceptors (Lipinski definition) is 6. The van der Waals surface area contributed by atoms with Crippen molar-refractivity contribution in [3.05, 3.63) is 96.2 Å². The Balaban J connectivity index is 1.58. The number of oxazole rings is 1. The smallest absolute Gasteiger partial charge is 0.256 e. The number of pyridine rings is 1. The van der Waals surface area contributed by atoms with E-state index in [1.807, 2.05) is 30.5 Å². The van der Waals surface area contributed by atoms with Gasteiger partial charge in [-0.2, -0.15) is 10.2 Å². The summed E-state index contributed by atoms with van der Waals surface area (Å²) in [6.45, 7) is 0.468. The maximum atomic E-state index is 13.2. The van der Waals surface area contributed by atoms with Gasteiger partial charge in [-0.25, -0.2) is 4.98 Å². The summed E-state index contributed by atoms with van der Waals surface area (Å²) in [6.07, 6.45) is 9.61. The molecule has 1 aliphatic rings. The second-order valence-corrected chi connectivity index (χ2v) is 6.53. The maximum Gasteiger partial charge on any atom is 0.256 e. The Bertz CT molecular complexity index is 1110. The Hall–Kier alpha value is -3.87. The van der Waals surface area contributed by atoms with Crippen LogP contribution in [-0.4, -0.2) is 31.0 Å². The summed E-state index contributed by atoms with van der Waals surface area (Å²) in [5, 5.41) is 7.58. The minimum Gasteiger partial charge on any atom is -0.446 e. The molecule has 136 valence electrons. The minimum atomic E-state index is -0.332. The third kappa shape index (κ3) is 2.73. The van der Waals surface area contributed by atoms with Gasteiger partial charge in [0.2, 0.25) is 0 Å². The fourth-order valence-electron chi connectivity index (χ4n) is 3.60. The highest BCUT2D eigenvalue weighted by molar-refractivity contribution is 5.94. The van der Waals surface area contributed by atoms with E-state index in [1.54, 1.807) is 23.4 Å². The van der Waals surface area contributed by atoms with E-state index < -0.39 is 0 Å². The van der Waals surface area contributed by atoms with E-state index in [-0.39, 0.29) is 11.9 Å². The lowest BCUT2D eigenvalue weighted by Gasteiger charge is -2.23. The van der Waals surface area contributed by atoms with Gasteiger partial charge in [-0.05, 0) is 40.5 Å². The van der Waals surface area contributed by atoms with Crippen LogP contribution < -0.4 is 0 Å². The second kappa shape index (κ2) is 6.70. The van der Waals surface area contributed by atoms with Crippen molar-refractivity contribution in [3.63, 3.8) is 0 Å². The molecule has 1 aliphatic heterocycles. The topological polar surface area (TPSA) is 85.0 Å². The van der Waals surface area contributed by atoms with E-state index in [9.17, 15) is 4.79 Å². The third-order valence-electron chi connectivity index (χ3n) is 4.90. The molecular formula is C21H15N5O2. The Morgan fingerprint density at radius 3 is 2.71 bits per heavy atom. The van der Waals surface area contributed by atoms with Gasteiger partial charge < -0.3 is 9.32 Å². The lowest BCUT2D eigenvalue weighted by atomic mass is 9.98. The van der Waals surface area contributed by atoms with Gasteiger partial charge >= 0.3 is 0 Å². The van der Waals surface area contributed by atoms with Gasteiger partial charge in [0.25, 0.3) is 5.91 Å². The molecule has 1 aromatic carbocycles. The summed E-state index contributed by atoms with van der Waals surface area (Å²) in [5.74, 6) is 0.499. The van der Waals surface area contributed by atoms with E-state index >= 15 is 0 Å². The molecule has 0 N–H and O–H groups in total. The second-order valence-electron chi connectivity index (χ2n) is 6.53. The standard InChI is InChI=1S/C21H15N5O2/c27-21(16-5-7-24-25-10-16)26-12-17-8-14(15-2-1-6-22-9-15)3-4-18(17)20(26)19-11-23-13-28-19/h1-11,13,20H,12H2. The predicted molar refractivity (Wildman–Crippen MR) is 99.9 cm³/mol. The molecule has 7 nitrogen and oxygen atoms in total. The number of carbonyl (C=O) groups is 1. The summed E-state index contributed by atoms with van der Waals surface area (Å²) in [6, 6.07) is 11.4. The molecule has 0 bridgehead atoms. The highest BCUT2D eigenvalue weighted by Crippen LogP contribution is 2.40. The van der Waals surface area contributed by atoms with E-state index in [1.165, 1.54) is 18.8 Å². The van der Waals surface area contributed by atoms with Crippen LogP contribution >= 0.6 is 0 Å². The summed E-state index contributed by atoms with van der Waals surface area (Å²) < 4.78 is 5.56. The van der Waals surface area contributed by atoms with Gasteiger partial charge in [0, 0.05) is 18.9 Å². The van der Waals surface area contributed by atoms with Gasteiger partial charge in [-0.15, -0.1) is 0 Å². The number of rotatable bonds is 3. The summed E-state index contributed by atoms with van der Waals surface area (Å²) in [4.78, 5) is 23.2. The van der Waals surface area contributed by atoms with Gasteiger partial charge in [0.1, 0.15) is 6.04 Å². The third-order valence-corrected chi connectivity index (χ3v) is 4.90. The molecule has 1 amide bonds.